The van der Waals surface area contributed by atoms with Crippen molar-refractivity contribution in [3.05, 3.63) is 92.8 Å². The van der Waals surface area contributed by atoms with Crippen LogP contribution >= 0.6 is 44.5 Å². The van der Waals surface area contributed by atoms with Crippen molar-refractivity contribution in [3.8, 4) is 0 Å². The highest BCUT2D eigenvalue weighted by Gasteiger charge is 2.40. The van der Waals surface area contributed by atoms with Crippen LogP contribution < -0.4 is 43.8 Å². The highest BCUT2D eigenvalue weighted by Crippen LogP contribution is 2.34. The summed E-state index contributed by atoms with van der Waals surface area (Å²) >= 11 is 8.07. The smallest absolute Gasteiger partial charge is 0.327 e. The van der Waals surface area contributed by atoms with E-state index in [2.05, 4.69) is 52.9 Å². The number of carbonyl (C=O) groups is 9. The van der Waals surface area contributed by atoms with E-state index in [0.29, 0.717) is 29.8 Å². The number of aliphatic carboxylic acids is 1. The number of hydrogen-bond acceptors (Lipinski definition) is 15. The number of guanidine groups is 1. The Labute approximate surface area is 467 Å². The van der Waals surface area contributed by atoms with Crippen LogP contribution in [0.25, 0.3) is 10.9 Å². The van der Waals surface area contributed by atoms with Gasteiger partial charge in [-0.2, -0.15) is 0 Å². The molecule has 5 heterocycles. The van der Waals surface area contributed by atoms with Gasteiger partial charge < -0.3 is 63.5 Å². The number of methoxy groups -OCH3 is 1. The summed E-state index contributed by atoms with van der Waals surface area (Å²) < 4.78 is 5.01. The second-order valence-corrected chi connectivity index (χ2v) is 22.6. The number of fused-ring (bicyclic) bond motifs is 3. The molecule has 23 nitrogen and oxygen atoms in total. The molecular weight excluding hydrogens is 1090 g/mol. The molecule has 0 unspecified atom stereocenters. The number of nitrogens with zero attached hydrogens (tertiary/aromatic N) is 3. The highest BCUT2D eigenvalue weighted by atomic mass is 35.5. The van der Waals surface area contributed by atoms with Gasteiger partial charge in [0, 0.05) is 77.5 Å². The maximum absolute atomic E-state index is 14.3. The van der Waals surface area contributed by atoms with Gasteiger partial charge in [0.15, 0.2) is 5.96 Å². The Bertz CT molecular complexity index is 2830. The molecule has 2 aromatic carbocycles. The topological polar surface area (TPSA) is 356 Å². The van der Waals surface area contributed by atoms with Crippen molar-refractivity contribution in [1.82, 2.24) is 41.4 Å². The molecule has 4 aromatic rings. The summed E-state index contributed by atoms with van der Waals surface area (Å²) in [5.74, 6) is -6.61. The van der Waals surface area contributed by atoms with Crippen LogP contribution in [0.1, 0.15) is 72.6 Å². The lowest BCUT2D eigenvalue weighted by molar-refractivity contribution is -0.148. The zero-order valence-corrected chi connectivity index (χ0v) is 46.0. The van der Waals surface area contributed by atoms with Gasteiger partial charge in [-0.25, -0.2) is 4.79 Å². The first-order valence-corrected chi connectivity index (χ1v) is 28.9. The average Bonchev–Trinajstić information content (AvgIpc) is 4.22. The number of thiophene rings is 1. The number of ether oxygens (including phenoxy) is 1. The van der Waals surface area contributed by atoms with Gasteiger partial charge in [0.2, 0.25) is 41.4 Å². The Morgan fingerprint density at radius 3 is 2.36 bits per heavy atom. The van der Waals surface area contributed by atoms with Gasteiger partial charge >= 0.3 is 11.9 Å². The third-order valence-electron chi connectivity index (χ3n) is 13.1. The van der Waals surface area contributed by atoms with Crippen molar-refractivity contribution in [3.63, 3.8) is 0 Å². The first kappa shape index (κ1) is 60.4. The Morgan fingerprint density at radius 1 is 0.859 bits per heavy atom. The summed E-state index contributed by atoms with van der Waals surface area (Å²) in [5.41, 5.74) is 19.9. The van der Waals surface area contributed by atoms with Crippen molar-refractivity contribution in [2.24, 2.45) is 22.2 Å². The van der Waals surface area contributed by atoms with Crippen molar-refractivity contribution in [2.75, 3.05) is 44.8 Å². The van der Waals surface area contributed by atoms with Gasteiger partial charge in [0.25, 0.3) is 0 Å². The molecule has 6 atom stereocenters. The normalized spacial score (nSPS) is 21.7. The molecule has 2 fully saturated rings. The van der Waals surface area contributed by atoms with Crippen LogP contribution in [-0.2, 0) is 67.3 Å². The fourth-order valence-electron chi connectivity index (χ4n) is 9.16. The fourth-order valence-corrected chi connectivity index (χ4v) is 12.5. The number of primary amides is 1. The minimum Gasteiger partial charge on any atom is -0.481 e. The molecule has 78 heavy (non-hydrogen) atoms. The molecule has 2 saturated heterocycles. The monoisotopic (exact) mass is 1150 g/mol. The van der Waals surface area contributed by atoms with E-state index in [0.717, 1.165) is 36.0 Å². The molecule has 7 rings (SSSR count). The number of nitrogens with two attached hydrogens (primary N) is 3. The summed E-state index contributed by atoms with van der Waals surface area (Å²) in [4.78, 5) is 129. The maximum Gasteiger partial charge on any atom is 0.327 e. The standard InChI is InChI=1S/C35H49N11O9S2.C16H16ClNO2S/c36-30(51)25-18-57-56-13-10-27(47)42-22(8-3-4-11-39-35(37)38)31(52)41-17-28(48)43-23(15-29(49)50)32(53)44-24(14-19-16-40-21-7-2-1-6-20(19)21)34(55)46-12-5-9-26(46)33(54)45-25;1-20-16(19)15(12-4-2-3-5-13(12)17)18-8-6-14-11(10-18)7-9-21-14/h1-2,6-7,16,22-26,40H,3-5,8-15,17-18H2,(H2,36,51)(H,41,52)(H,42,47)(H,43,48)(H,44,53)(H,45,54)(H,49,50)(H4,37,38,39);2-5,7,9,15H,6,8,10H2,1H3/t22-,23-,24-,25-,26-;15-/m00/s1. The molecule has 0 spiro atoms. The number of unbranched alkanes of at least 4 members (excludes halogenated alkanes) is 1. The lowest BCUT2D eigenvalue weighted by atomic mass is 10.0. The molecule has 420 valence electrons. The van der Waals surface area contributed by atoms with E-state index in [1.54, 1.807) is 23.6 Å². The number of halogens is 1. The number of carbonyl (C=O) groups excluding carboxylic acids is 8. The van der Waals surface area contributed by atoms with Gasteiger partial charge in [-0.3, -0.25) is 48.2 Å². The van der Waals surface area contributed by atoms with Crippen LogP contribution in [0.5, 0.6) is 0 Å². The van der Waals surface area contributed by atoms with Crippen molar-refractivity contribution in [2.45, 2.75) is 101 Å². The minimum absolute atomic E-state index is 0.0195. The van der Waals surface area contributed by atoms with Crippen molar-refractivity contribution in [1.29, 1.82) is 0 Å². The molecule has 0 radical (unpaired) electrons. The summed E-state index contributed by atoms with van der Waals surface area (Å²) in [6, 6.07) is 10.2. The Hall–Kier alpha value is -6.87. The Morgan fingerprint density at radius 2 is 1.62 bits per heavy atom. The number of carboxylic acid groups (broad SMARTS) is 1. The zero-order chi connectivity index (χ0) is 56.3. The van der Waals surface area contributed by atoms with E-state index in [1.807, 2.05) is 42.5 Å². The number of hydrogen-bond donors (Lipinski definition) is 10. The van der Waals surface area contributed by atoms with Crippen LogP contribution in [0, 0.1) is 0 Å². The molecule has 0 aliphatic carbocycles. The SMILES string of the molecule is COC(=O)[C@H](c1ccccc1Cl)N1CCc2sccc2C1.NC(=O)[C@@H]1CSSCCC(=O)N[C@@H](CCCCN=C(N)N)C(=O)NCC(=O)N[C@@H](CC(=O)O)C(=O)N[C@@H](Cc2c[nH]c3ccccc23)C(=O)N2CCC[C@H]2C(=O)N1. The quantitative estimate of drug-likeness (QED) is 0.0299. The largest absolute Gasteiger partial charge is 0.481 e. The molecule has 3 aliphatic heterocycles. The number of para-hydroxylation sites is 1. The highest BCUT2D eigenvalue weighted by molar-refractivity contribution is 8.76. The number of carboxylic acids is 1. The lowest BCUT2D eigenvalue weighted by Crippen LogP contribution is -2.59. The van der Waals surface area contributed by atoms with Crippen LogP contribution in [0.3, 0.4) is 0 Å². The number of H-pyrrole nitrogens is 1. The van der Waals surface area contributed by atoms with Crippen molar-refractivity contribution < 1.29 is 53.0 Å². The zero-order valence-electron chi connectivity index (χ0n) is 42.8. The van der Waals surface area contributed by atoms with Crippen LogP contribution in [0.4, 0.5) is 0 Å². The van der Waals surface area contributed by atoms with Gasteiger partial charge in [0.1, 0.15) is 36.3 Å². The van der Waals surface area contributed by atoms with Gasteiger partial charge in [0.05, 0.1) is 20.1 Å². The maximum atomic E-state index is 14.3. The number of aliphatic imine (C=N–C) groups is 1. The average molecular weight is 1150 g/mol. The molecular formula is C51H65ClN12O11S3. The summed E-state index contributed by atoms with van der Waals surface area (Å²) in [6.07, 6.45) is 3.44. The molecule has 0 saturated carbocycles. The molecule has 3 aliphatic rings. The van der Waals surface area contributed by atoms with Gasteiger partial charge in [-0.1, -0.05) is 69.6 Å². The number of benzene rings is 2. The van der Waals surface area contributed by atoms with E-state index in [1.165, 1.54) is 44.0 Å². The molecule has 13 N–H and O–H groups in total. The van der Waals surface area contributed by atoms with Crippen LogP contribution in [0.15, 0.2) is 71.2 Å². The first-order valence-electron chi connectivity index (χ1n) is 25.2. The third-order valence-corrected chi connectivity index (χ3v) is 16.9. The Kier molecular flexibility index (Phi) is 23.0. The van der Waals surface area contributed by atoms with E-state index in [-0.39, 0.29) is 62.2 Å². The number of rotatable bonds is 13. The van der Waals surface area contributed by atoms with Crippen molar-refractivity contribution >= 4 is 115 Å². The number of aromatic amines is 1. The van der Waals surface area contributed by atoms with Crippen LogP contribution in [0.2, 0.25) is 5.02 Å². The molecule has 0 bridgehead atoms. The predicted octanol–water partition coefficient (Wildman–Crippen LogP) is 1.62. The molecule has 7 amide bonds. The summed E-state index contributed by atoms with van der Waals surface area (Å²) in [5, 5.41) is 25.8. The first-order chi connectivity index (χ1) is 37.4. The van der Waals surface area contributed by atoms with E-state index in [9.17, 15) is 48.3 Å². The number of amides is 7. The number of nitrogens with one attached hydrogen (secondary N) is 6. The molecule has 2 aromatic heterocycles. The van der Waals surface area contributed by atoms with Crippen LogP contribution in [-0.4, -0.2) is 154 Å². The molecule has 27 heteroatoms. The third kappa shape index (κ3) is 17.3. The van der Waals surface area contributed by atoms with E-state index >= 15 is 0 Å². The predicted molar refractivity (Wildman–Crippen MR) is 298 cm³/mol. The number of aromatic nitrogens is 1. The van der Waals surface area contributed by atoms with Gasteiger partial charge in [-0.05, 0) is 78.8 Å². The lowest BCUT2D eigenvalue weighted by Gasteiger charge is -2.33. The Balaban J connectivity index is 0.000000387. The summed E-state index contributed by atoms with van der Waals surface area (Å²) in [6.45, 7) is 1.35. The second kappa shape index (κ2) is 29.8. The fraction of sp³-hybridized carbons (Fsp3) is 0.451. The second-order valence-electron chi connectivity index (χ2n) is 18.5. The van der Waals surface area contributed by atoms with E-state index < -0.39 is 96.5 Å². The van der Waals surface area contributed by atoms with Gasteiger partial charge in [-0.15, -0.1) is 11.3 Å². The minimum atomic E-state index is -1.68. The summed E-state index contributed by atoms with van der Waals surface area (Å²) in [7, 11) is 3.87. The number of esters is 1. The van der Waals surface area contributed by atoms with E-state index in [4.69, 9.17) is 33.5 Å².